The summed E-state index contributed by atoms with van der Waals surface area (Å²) >= 11 is 7.38. The highest BCUT2D eigenvalue weighted by molar-refractivity contribution is 7.99. The third-order valence-corrected chi connectivity index (χ3v) is 4.09. The molecule has 5 nitrogen and oxygen atoms in total. The molecule has 0 aliphatic rings. The molecule has 2 rings (SSSR count). The summed E-state index contributed by atoms with van der Waals surface area (Å²) in [6.07, 6.45) is 0. The molecule has 1 aromatic carbocycles. The zero-order valence-corrected chi connectivity index (χ0v) is 13.0. The highest BCUT2D eigenvalue weighted by atomic mass is 35.5. The van der Waals surface area contributed by atoms with E-state index in [0.29, 0.717) is 18.2 Å². The predicted molar refractivity (Wildman–Crippen MR) is 81.9 cm³/mol. The Balaban J connectivity index is 2.23. The number of carboxylic acid groups (broad SMARTS) is 1. The average Bonchev–Trinajstić information content (AvgIpc) is 2.81. The summed E-state index contributed by atoms with van der Waals surface area (Å²) in [5, 5.41) is 14.7. The smallest absolute Gasteiger partial charge is 0.313 e. The Morgan fingerprint density at radius 3 is 2.90 bits per heavy atom. The van der Waals surface area contributed by atoms with E-state index in [1.807, 2.05) is 30.3 Å². The number of benzene rings is 1. The van der Waals surface area contributed by atoms with Crippen LogP contribution in [0, 0.1) is 0 Å². The van der Waals surface area contributed by atoms with Gasteiger partial charge in [0.25, 0.3) is 0 Å². The molecule has 1 heterocycles. The minimum absolute atomic E-state index is 0.0133. The first-order chi connectivity index (χ1) is 10.1. The molecule has 21 heavy (non-hydrogen) atoms. The molecule has 0 radical (unpaired) electrons. The van der Waals surface area contributed by atoms with E-state index in [0.717, 1.165) is 16.3 Å². The van der Waals surface area contributed by atoms with E-state index in [2.05, 4.69) is 5.10 Å². The van der Waals surface area contributed by atoms with Crippen LogP contribution in [0.15, 0.2) is 35.4 Å². The van der Waals surface area contributed by atoms with Crippen LogP contribution in [-0.4, -0.2) is 33.7 Å². The molecule has 1 aromatic heterocycles. The summed E-state index contributed by atoms with van der Waals surface area (Å²) in [6, 6.07) is 9.36. The molecular weight excluding hydrogens is 312 g/mol. The van der Waals surface area contributed by atoms with Gasteiger partial charge in [0.1, 0.15) is 0 Å². The van der Waals surface area contributed by atoms with Gasteiger partial charge in [-0.15, -0.1) is 0 Å². The van der Waals surface area contributed by atoms with Crippen molar-refractivity contribution in [1.29, 1.82) is 0 Å². The van der Waals surface area contributed by atoms with Crippen molar-refractivity contribution in [3.8, 4) is 0 Å². The van der Waals surface area contributed by atoms with Crippen LogP contribution in [0.25, 0.3) is 0 Å². The second-order valence-electron chi connectivity index (χ2n) is 4.34. The van der Waals surface area contributed by atoms with E-state index in [4.69, 9.17) is 21.4 Å². The first kappa shape index (κ1) is 15.9. The van der Waals surface area contributed by atoms with Gasteiger partial charge >= 0.3 is 5.97 Å². The van der Waals surface area contributed by atoms with Crippen molar-refractivity contribution in [2.45, 2.75) is 18.2 Å². The van der Waals surface area contributed by atoms with E-state index in [1.54, 1.807) is 11.8 Å². The van der Waals surface area contributed by atoms with Crippen molar-refractivity contribution < 1.29 is 14.6 Å². The van der Waals surface area contributed by atoms with Crippen molar-refractivity contribution in [3.63, 3.8) is 0 Å². The summed E-state index contributed by atoms with van der Waals surface area (Å²) < 4.78 is 6.82. The van der Waals surface area contributed by atoms with Crippen LogP contribution in [0.1, 0.15) is 11.3 Å². The van der Waals surface area contributed by atoms with Gasteiger partial charge in [-0.2, -0.15) is 5.10 Å². The average molecular weight is 327 g/mol. The zero-order valence-electron chi connectivity index (χ0n) is 11.5. The third kappa shape index (κ3) is 4.49. The summed E-state index contributed by atoms with van der Waals surface area (Å²) in [4.78, 5) is 10.7. The molecule has 0 atom stereocenters. The summed E-state index contributed by atoms with van der Waals surface area (Å²) in [5.41, 5.74) is 1.70. The molecule has 7 heteroatoms. The molecule has 0 aliphatic heterocycles. The number of nitrogens with zero attached hydrogens (tertiary/aromatic N) is 2. The van der Waals surface area contributed by atoms with E-state index in [1.165, 1.54) is 11.8 Å². The zero-order chi connectivity index (χ0) is 15.2. The third-order valence-electron chi connectivity index (χ3n) is 2.71. The fraction of sp³-hybridized carbons (Fsp3) is 0.286. The van der Waals surface area contributed by atoms with Gasteiger partial charge in [0.15, 0.2) is 0 Å². The van der Waals surface area contributed by atoms with E-state index < -0.39 is 5.97 Å². The molecule has 1 N–H and O–H groups in total. The normalized spacial score (nSPS) is 10.8. The maximum absolute atomic E-state index is 10.7. The maximum Gasteiger partial charge on any atom is 0.313 e. The lowest BCUT2D eigenvalue weighted by molar-refractivity contribution is -0.133. The number of halogens is 1. The largest absolute Gasteiger partial charge is 0.481 e. The summed E-state index contributed by atoms with van der Waals surface area (Å²) in [7, 11) is 1.59. The van der Waals surface area contributed by atoms with Crippen LogP contribution in [-0.2, 0) is 22.7 Å². The van der Waals surface area contributed by atoms with Crippen molar-refractivity contribution >= 4 is 29.3 Å². The number of carboxylic acids is 1. The second kappa shape index (κ2) is 7.49. The lowest BCUT2D eigenvalue weighted by Crippen LogP contribution is -2.06. The highest BCUT2D eigenvalue weighted by Gasteiger charge is 2.12. The topological polar surface area (TPSA) is 64.3 Å². The van der Waals surface area contributed by atoms with Crippen LogP contribution in [0.4, 0.5) is 0 Å². The van der Waals surface area contributed by atoms with Gasteiger partial charge < -0.3 is 9.84 Å². The van der Waals surface area contributed by atoms with E-state index in [-0.39, 0.29) is 5.75 Å². The molecule has 0 saturated heterocycles. The van der Waals surface area contributed by atoms with Crippen LogP contribution in [0.2, 0.25) is 5.02 Å². The number of carbonyl (C=O) groups is 1. The molecule has 0 spiro atoms. The summed E-state index contributed by atoms with van der Waals surface area (Å²) in [6.45, 7) is 0.876. The van der Waals surface area contributed by atoms with Gasteiger partial charge in [-0.3, -0.25) is 9.48 Å². The first-order valence-corrected chi connectivity index (χ1v) is 7.60. The van der Waals surface area contributed by atoms with Gasteiger partial charge in [-0.1, -0.05) is 41.6 Å². The van der Waals surface area contributed by atoms with Crippen molar-refractivity contribution in [3.05, 3.63) is 46.6 Å². The molecule has 2 aromatic rings. The molecule has 112 valence electrons. The minimum atomic E-state index is -0.862. The number of rotatable bonds is 7. The lowest BCUT2D eigenvalue weighted by Gasteiger charge is -2.07. The number of thioether (sulfide) groups is 1. The van der Waals surface area contributed by atoms with Crippen molar-refractivity contribution in [1.82, 2.24) is 9.78 Å². The number of hydrogen-bond donors (Lipinski definition) is 1. The molecule has 0 aliphatic carbocycles. The number of aliphatic carboxylic acids is 1. The monoisotopic (exact) mass is 326 g/mol. The first-order valence-electron chi connectivity index (χ1n) is 6.24. The standard InChI is InChI=1S/C14H15ClN2O3S/c1-20-8-11-6-13(21-9-14(18)19)17(16-11)7-10-4-2-3-5-12(10)15/h2-6H,7-9H2,1H3,(H,18,19). The quantitative estimate of drug-likeness (QED) is 0.793. The van der Waals surface area contributed by atoms with Gasteiger partial charge in [0, 0.05) is 12.1 Å². The Bertz CT molecular complexity index is 630. The van der Waals surface area contributed by atoms with Crippen LogP contribution >= 0.6 is 23.4 Å². The molecule has 0 saturated carbocycles. The SMILES string of the molecule is COCc1cc(SCC(=O)O)n(Cc2ccccc2Cl)n1. The number of aromatic nitrogens is 2. The molecule has 0 amide bonds. The van der Waals surface area contributed by atoms with Crippen molar-refractivity contribution in [2.24, 2.45) is 0 Å². The van der Waals surface area contributed by atoms with Crippen molar-refractivity contribution in [2.75, 3.05) is 12.9 Å². The fourth-order valence-electron chi connectivity index (χ4n) is 1.82. The van der Waals surface area contributed by atoms with Crippen LogP contribution < -0.4 is 0 Å². The Hall–Kier alpha value is -1.50. The summed E-state index contributed by atoms with van der Waals surface area (Å²) in [5.74, 6) is -0.875. The Morgan fingerprint density at radius 1 is 1.48 bits per heavy atom. The number of methoxy groups -OCH3 is 1. The fourth-order valence-corrected chi connectivity index (χ4v) is 2.76. The predicted octanol–water partition coefficient (Wildman–Crippen LogP) is 2.91. The Kier molecular flexibility index (Phi) is 5.67. The van der Waals surface area contributed by atoms with Gasteiger partial charge in [0.05, 0.1) is 29.6 Å². The van der Waals surface area contributed by atoms with Crippen LogP contribution in [0.5, 0.6) is 0 Å². The molecule has 0 bridgehead atoms. The lowest BCUT2D eigenvalue weighted by atomic mass is 10.2. The van der Waals surface area contributed by atoms with Crippen LogP contribution in [0.3, 0.4) is 0 Å². The van der Waals surface area contributed by atoms with E-state index in [9.17, 15) is 4.79 Å². The van der Waals surface area contributed by atoms with Gasteiger partial charge in [0.2, 0.25) is 0 Å². The second-order valence-corrected chi connectivity index (χ2v) is 5.74. The minimum Gasteiger partial charge on any atom is -0.481 e. The van der Waals surface area contributed by atoms with Gasteiger partial charge in [-0.25, -0.2) is 0 Å². The number of ether oxygens (including phenoxy) is 1. The van der Waals surface area contributed by atoms with E-state index >= 15 is 0 Å². The van der Waals surface area contributed by atoms with Gasteiger partial charge in [-0.05, 0) is 17.7 Å². The molecule has 0 unspecified atom stereocenters. The molecule has 0 fully saturated rings. The Labute approximate surface area is 131 Å². The number of hydrogen-bond acceptors (Lipinski definition) is 4. The molecular formula is C14H15ClN2O3S. The highest BCUT2D eigenvalue weighted by Crippen LogP contribution is 2.23. The maximum atomic E-state index is 10.7. The Morgan fingerprint density at radius 2 is 2.24 bits per heavy atom.